The highest BCUT2D eigenvalue weighted by Gasteiger charge is 2.21. The van der Waals surface area contributed by atoms with Crippen LogP contribution in [0.1, 0.15) is 10.4 Å². The molecule has 4 aromatic rings. The zero-order valence-electron chi connectivity index (χ0n) is 18.2. The highest BCUT2D eigenvalue weighted by molar-refractivity contribution is 7.92. The van der Waals surface area contributed by atoms with Crippen LogP contribution in [0.3, 0.4) is 0 Å². The van der Waals surface area contributed by atoms with Crippen LogP contribution in [0.25, 0.3) is 5.69 Å². The van der Waals surface area contributed by atoms with E-state index < -0.39 is 15.9 Å². The molecule has 0 radical (unpaired) electrons. The maximum Gasteiger partial charge on any atom is 0.265 e. The first-order chi connectivity index (χ1) is 16.4. The first-order valence-electron chi connectivity index (χ1n) is 9.89. The summed E-state index contributed by atoms with van der Waals surface area (Å²) in [4.78, 5) is 12.7. The van der Waals surface area contributed by atoms with Gasteiger partial charge in [0.1, 0.15) is 22.7 Å². The van der Waals surface area contributed by atoms with E-state index in [9.17, 15) is 13.2 Å². The van der Waals surface area contributed by atoms with Crippen LogP contribution in [-0.4, -0.2) is 48.8 Å². The van der Waals surface area contributed by atoms with Crippen molar-refractivity contribution in [1.29, 1.82) is 0 Å². The van der Waals surface area contributed by atoms with Crippen LogP contribution in [0.5, 0.6) is 11.5 Å². The van der Waals surface area contributed by atoms with Gasteiger partial charge < -0.3 is 14.8 Å². The van der Waals surface area contributed by atoms with Crippen molar-refractivity contribution in [1.82, 2.24) is 20.2 Å². The number of rotatable bonds is 8. The molecule has 12 heteroatoms. The van der Waals surface area contributed by atoms with Crippen LogP contribution in [0.15, 0.2) is 78.0 Å². The first kappa shape index (κ1) is 22.7. The quantitative estimate of drug-likeness (QED) is 0.393. The second kappa shape index (κ2) is 9.58. The van der Waals surface area contributed by atoms with Crippen LogP contribution in [0, 0.1) is 0 Å². The predicted octanol–water partition coefficient (Wildman–Crippen LogP) is 2.73. The van der Waals surface area contributed by atoms with Crippen LogP contribution in [-0.2, 0) is 10.0 Å². The zero-order valence-corrected chi connectivity index (χ0v) is 19.0. The number of ether oxygens (including phenoxy) is 2. The van der Waals surface area contributed by atoms with Gasteiger partial charge in [-0.25, -0.2) is 13.1 Å². The fourth-order valence-electron chi connectivity index (χ4n) is 3.11. The smallest absolute Gasteiger partial charge is 0.265 e. The molecular weight excluding hydrogens is 460 g/mol. The molecule has 0 unspecified atom stereocenters. The van der Waals surface area contributed by atoms with Gasteiger partial charge in [-0.3, -0.25) is 9.52 Å². The van der Waals surface area contributed by atoms with Crippen LogP contribution >= 0.6 is 0 Å². The normalized spacial score (nSPS) is 11.0. The average molecular weight is 481 g/mol. The van der Waals surface area contributed by atoms with Crippen molar-refractivity contribution >= 4 is 27.3 Å². The summed E-state index contributed by atoms with van der Waals surface area (Å²) in [6.45, 7) is 0. The summed E-state index contributed by atoms with van der Waals surface area (Å²) in [5.41, 5.74) is 1.55. The monoisotopic (exact) mass is 480 g/mol. The van der Waals surface area contributed by atoms with Gasteiger partial charge in [0.2, 0.25) is 0 Å². The van der Waals surface area contributed by atoms with Gasteiger partial charge in [0.15, 0.2) is 0 Å². The van der Waals surface area contributed by atoms with Gasteiger partial charge in [-0.2, -0.15) is 0 Å². The number of tetrazole rings is 1. The lowest BCUT2D eigenvalue weighted by Gasteiger charge is -2.14. The number of benzene rings is 3. The Hall–Kier alpha value is -4.45. The molecule has 0 bridgehead atoms. The number of carbonyl (C=O) groups excluding carboxylic acids is 1. The molecule has 2 N–H and O–H groups in total. The summed E-state index contributed by atoms with van der Waals surface area (Å²) < 4.78 is 40.4. The first-order valence-corrected chi connectivity index (χ1v) is 11.4. The van der Waals surface area contributed by atoms with Crippen molar-refractivity contribution < 1.29 is 22.7 Å². The number of carbonyl (C=O) groups is 1. The summed E-state index contributed by atoms with van der Waals surface area (Å²) in [6, 6.07) is 17.4. The van der Waals surface area contributed by atoms with Gasteiger partial charge in [-0.05, 0) is 71.1 Å². The van der Waals surface area contributed by atoms with Gasteiger partial charge in [0, 0.05) is 16.9 Å². The number of amides is 1. The van der Waals surface area contributed by atoms with Crippen LogP contribution in [0.2, 0.25) is 0 Å². The summed E-state index contributed by atoms with van der Waals surface area (Å²) in [5, 5.41) is 13.7. The van der Waals surface area contributed by atoms with E-state index in [4.69, 9.17) is 9.47 Å². The molecule has 4 rings (SSSR count). The Balaban J connectivity index is 1.58. The molecular formula is C22H20N6O5S. The molecule has 0 spiro atoms. The third kappa shape index (κ3) is 4.96. The number of anilines is 2. The number of hydrogen-bond acceptors (Lipinski definition) is 8. The van der Waals surface area contributed by atoms with Gasteiger partial charge in [0.25, 0.3) is 15.9 Å². The number of nitrogens with zero attached hydrogens (tertiary/aromatic N) is 4. The number of sulfonamides is 1. The van der Waals surface area contributed by atoms with E-state index in [-0.39, 0.29) is 16.3 Å². The number of nitrogens with one attached hydrogen (secondary N) is 2. The van der Waals surface area contributed by atoms with Gasteiger partial charge in [-0.15, -0.1) is 5.10 Å². The van der Waals surface area contributed by atoms with Crippen molar-refractivity contribution in [3.63, 3.8) is 0 Å². The second-order valence-corrected chi connectivity index (χ2v) is 8.61. The fourth-order valence-corrected chi connectivity index (χ4v) is 4.36. The molecule has 0 saturated carbocycles. The molecule has 1 heterocycles. The van der Waals surface area contributed by atoms with Crippen molar-refractivity contribution in [3.05, 3.63) is 78.6 Å². The molecule has 1 aromatic heterocycles. The third-order valence-electron chi connectivity index (χ3n) is 4.78. The van der Waals surface area contributed by atoms with E-state index >= 15 is 0 Å². The topological polar surface area (TPSA) is 137 Å². The molecule has 11 nitrogen and oxygen atoms in total. The van der Waals surface area contributed by atoms with E-state index in [1.54, 1.807) is 54.6 Å². The molecule has 34 heavy (non-hydrogen) atoms. The van der Waals surface area contributed by atoms with E-state index in [1.807, 2.05) is 0 Å². The molecule has 0 atom stereocenters. The molecule has 0 saturated heterocycles. The van der Waals surface area contributed by atoms with E-state index in [2.05, 4.69) is 25.6 Å². The van der Waals surface area contributed by atoms with E-state index in [0.717, 1.165) is 0 Å². The molecule has 0 aliphatic rings. The van der Waals surface area contributed by atoms with Crippen LogP contribution in [0.4, 0.5) is 11.4 Å². The summed E-state index contributed by atoms with van der Waals surface area (Å²) in [5.74, 6) is 0.278. The average Bonchev–Trinajstić information content (AvgIpc) is 3.39. The van der Waals surface area contributed by atoms with Crippen LogP contribution < -0.4 is 19.5 Å². The minimum Gasteiger partial charge on any atom is -0.497 e. The second-order valence-electron chi connectivity index (χ2n) is 6.96. The lowest BCUT2D eigenvalue weighted by Crippen LogP contribution is -2.16. The van der Waals surface area contributed by atoms with Crippen molar-refractivity contribution in [3.8, 4) is 17.2 Å². The Morgan fingerprint density at radius 2 is 1.71 bits per heavy atom. The van der Waals surface area contributed by atoms with Crippen molar-refractivity contribution in [2.45, 2.75) is 4.90 Å². The lowest BCUT2D eigenvalue weighted by atomic mass is 10.2. The number of hydrogen-bond donors (Lipinski definition) is 2. The SMILES string of the molecule is COc1ccc(NS(=O)(=O)c2cc(NC(=O)c3cccc(-n4cnnn4)c3)ccc2OC)cc1. The molecule has 1 amide bonds. The Kier molecular flexibility index (Phi) is 6.41. The van der Waals surface area contributed by atoms with Gasteiger partial charge in [0.05, 0.1) is 19.9 Å². The molecule has 0 aliphatic carbocycles. The maximum atomic E-state index is 13.1. The Labute approximate surface area is 195 Å². The zero-order chi connectivity index (χ0) is 24.1. The van der Waals surface area contributed by atoms with Gasteiger partial charge in [-0.1, -0.05) is 6.07 Å². The van der Waals surface area contributed by atoms with E-state index in [0.29, 0.717) is 22.7 Å². The predicted molar refractivity (Wildman–Crippen MR) is 124 cm³/mol. The van der Waals surface area contributed by atoms with E-state index in [1.165, 1.54) is 37.4 Å². The molecule has 174 valence electrons. The molecule has 0 fully saturated rings. The standard InChI is InChI=1S/C22H20N6O5S/c1-32-19-9-6-16(7-10-19)25-34(30,31)21-13-17(8-11-20(21)33-2)24-22(29)15-4-3-5-18(12-15)28-14-23-26-27-28/h3-14,25H,1-2H3,(H,24,29). The molecule has 3 aromatic carbocycles. The van der Waals surface area contributed by atoms with Gasteiger partial charge >= 0.3 is 0 Å². The highest BCUT2D eigenvalue weighted by Crippen LogP contribution is 2.29. The summed E-state index contributed by atoms with van der Waals surface area (Å²) in [7, 11) is -1.14. The largest absolute Gasteiger partial charge is 0.497 e. The number of methoxy groups -OCH3 is 2. The summed E-state index contributed by atoms with van der Waals surface area (Å²) >= 11 is 0. The number of aromatic nitrogens is 4. The van der Waals surface area contributed by atoms with Crippen molar-refractivity contribution in [2.24, 2.45) is 0 Å². The Bertz CT molecular complexity index is 1410. The minimum atomic E-state index is -4.03. The minimum absolute atomic E-state index is 0.125. The third-order valence-corrected chi connectivity index (χ3v) is 6.18. The maximum absolute atomic E-state index is 13.1. The Morgan fingerprint density at radius 3 is 2.38 bits per heavy atom. The molecule has 0 aliphatic heterocycles. The van der Waals surface area contributed by atoms with Crippen molar-refractivity contribution in [2.75, 3.05) is 24.3 Å². The summed E-state index contributed by atoms with van der Waals surface area (Å²) in [6.07, 6.45) is 1.41. The lowest BCUT2D eigenvalue weighted by molar-refractivity contribution is 0.102. The fraction of sp³-hybridized carbons (Fsp3) is 0.0909. The Morgan fingerprint density at radius 1 is 0.941 bits per heavy atom. The highest BCUT2D eigenvalue weighted by atomic mass is 32.2.